The summed E-state index contributed by atoms with van der Waals surface area (Å²) >= 11 is 0. The highest BCUT2D eigenvalue weighted by atomic mass is 16.7. The Hall–Kier alpha value is -0.450. The molecule has 0 unspecified atom stereocenters. The molecule has 11 heavy (non-hydrogen) atoms. The highest BCUT2D eigenvalue weighted by Gasteiger charge is 2.73. The van der Waals surface area contributed by atoms with Gasteiger partial charge >= 0.3 is 0 Å². The van der Waals surface area contributed by atoms with Crippen molar-refractivity contribution in [3.8, 4) is 0 Å². The molecule has 58 valence electrons. The lowest BCUT2D eigenvalue weighted by Gasteiger charge is -1.85. The second-order valence-electron chi connectivity index (χ2n) is 3.51. The molecule has 3 aliphatic heterocycles. The van der Waals surface area contributed by atoms with Gasteiger partial charge in [-0.3, -0.25) is 4.79 Å². The number of hydrogen-bond acceptors (Lipinski definition) is 4. The molecule has 4 heteroatoms. The highest BCUT2D eigenvalue weighted by molar-refractivity contribution is 5.93. The van der Waals surface area contributed by atoms with Gasteiger partial charge in [-0.1, -0.05) is 0 Å². The summed E-state index contributed by atoms with van der Waals surface area (Å²) in [7, 11) is 0. The molecule has 0 amide bonds. The van der Waals surface area contributed by atoms with Crippen LogP contribution in [0.4, 0.5) is 0 Å². The third kappa shape index (κ3) is 0.484. The second kappa shape index (κ2) is 1.26. The first-order valence-electron chi connectivity index (χ1n) is 3.86. The summed E-state index contributed by atoms with van der Waals surface area (Å²) < 4.78 is 15.6. The van der Waals surface area contributed by atoms with Crippen LogP contribution in [0.25, 0.3) is 0 Å². The van der Waals surface area contributed by atoms with Gasteiger partial charge in [0.05, 0.1) is 0 Å². The van der Waals surface area contributed by atoms with Gasteiger partial charge in [0, 0.05) is 0 Å². The first-order chi connectivity index (χ1) is 5.36. The lowest BCUT2D eigenvalue weighted by Crippen LogP contribution is -2.17. The lowest BCUT2D eigenvalue weighted by molar-refractivity contribution is -0.121. The highest BCUT2D eigenvalue weighted by Crippen LogP contribution is 2.51. The average Bonchev–Trinajstić information content (AvgIpc) is 2.81. The molecule has 3 heterocycles. The van der Waals surface area contributed by atoms with Crippen LogP contribution in [-0.4, -0.2) is 42.4 Å². The molecule has 4 fully saturated rings. The van der Waals surface area contributed by atoms with E-state index in [4.69, 9.17) is 14.2 Å². The van der Waals surface area contributed by atoms with Crippen LogP contribution in [-0.2, 0) is 19.0 Å². The number of ether oxygens (including phenoxy) is 3. The van der Waals surface area contributed by atoms with E-state index in [-0.39, 0.29) is 42.4 Å². The maximum Gasteiger partial charge on any atom is 0.195 e. The van der Waals surface area contributed by atoms with Crippen molar-refractivity contribution < 1.29 is 19.0 Å². The van der Waals surface area contributed by atoms with Crippen molar-refractivity contribution in [1.82, 2.24) is 0 Å². The molecule has 0 aromatic rings. The third-order valence-corrected chi connectivity index (χ3v) is 2.82. The van der Waals surface area contributed by atoms with E-state index in [0.29, 0.717) is 0 Å². The summed E-state index contributed by atoms with van der Waals surface area (Å²) in [6.45, 7) is 0. The molecule has 1 aliphatic carbocycles. The van der Waals surface area contributed by atoms with Gasteiger partial charge in [-0.2, -0.15) is 0 Å². The van der Waals surface area contributed by atoms with Gasteiger partial charge in [0.1, 0.15) is 36.6 Å². The van der Waals surface area contributed by atoms with Crippen molar-refractivity contribution in [2.24, 2.45) is 0 Å². The molecular weight excluding hydrogens is 148 g/mol. The van der Waals surface area contributed by atoms with Crippen molar-refractivity contribution >= 4 is 5.78 Å². The number of epoxide rings is 3. The Morgan fingerprint density at radius 3 is 1.91 bits per heavy atom. The summed E-state index contributed by atoms with van der Waals surface area (Å²) in [4.78, 5) is 11.3. The normalized spacial score (nSPS) is 68.9. The van der Waals surface area contributed by atoms with Crippen LogP contribution in [0, 0.1) is 0 Å². The number of Topliss-reactive ketones (excluding diaryl/α,β-unsaturated/α-hetero) is 1. The molecule has 0 aromatic heterocycles. The summed E-state index contributed by atoms with van der Waals surface area (Å²) in [5.74, 6) is 0.135. The monoisotopic (exact) mass is 154 g/mol. The largest absolute Gasteiger partial charge is 0.364 e. The summed E-state index contributed by atoms with van der Waals surface area (Å²) in [6, 6.07) is 0. The van der Waals surface area contributed by atoms with Gasteiger partial charge in [0.25, 0.3) is 0 Å². The maximum atomic E-state index is 11.3. The Morgan fingerprint density at radius 2 is 1.36 bits per heavy atom. The van der Waals surface area contributed by atoms with E-state index >= 15 is 0 Å². The van der Waals surface area contributed by atoms with Crippen LogP contribution in [0.3, 0.4) is 0 Å². The molecule has 0 radical (unpaired) electrons. The Bertz CT molecular complexity index is 239. The van der Waals surface area contributed by atoms with Crippen LogP contribution in [0.15, 0.2) is 0 Å². The minimum Gasteiger partial charge on any atom is -0.364 e. The molecule has 4 rings (SSSR count). The number of hydrogen-bond donors (Lipinski definition) is 0. The number of rotatable bonds is 0. The standard InChI is InChI=1S/C7H6O4/c8-1-2-4(9-2)6-7(11-6)5-3(1)10-5/h2-7H/t2-,3-,4-,5-,6-,7+/m1/s1. The fourth-order valence-corrected chi connectivity index (χ4v) is 2.03. The zero-order chi connectivity index (χ0) is 7.16. The van der Waals surface area contributed by atoms with Crippen molar-refractivity contribution in [3.05, 3.63) is 0 Å². The fourth-order valence-electron chi connectivity index (χ4n) is 2.03. The first kappa shape index (κ1) is 5.24. The number of carbonyl (C=O) groups excluding carboxylic acids is 1. The number of ketones is 1. The second-order valence-corrected chi connectivity index (χ2v) is 3.51. The van der Waals surface area contributed by atoms with Crippen molar-refractivity contribution in [2.45, 2.75) is 36.6 Å². The van der Waals surface area contributed by atoms with Crippen LogP contribution >= 0.6 is 0 Å². The Labute approximate surface area is 62.4 Å². The summed E-state index contributed by atoms with van der Waals surface area (Å²) in [6.07, 6.45) is 0.0979. The Morgan fingerprint density at radius 1 is 0.818 bits per heavy atom. The van der Waals surface area contributed by atoms with Gasteiger partial charge < -0.3 is 14.2 Å². The molecule has 4 aliphatic rings. The molecule has 4 nitrogen and oxygen atoms in total. The van der Waals surface area contributed by atoms with Gasteiger partial charge in [0.2, 0.25) is 0 Å². The van der Waals surface area contributed by atoms with Crippen LogP contribution in [0.5, 0.6) is 0 Å². The molecule has 1 saturated carbocycles. The SMILES string of the molecule is O=C1[C@H]2O[C@H]2[C@@H]2O[C@@H]2[C@@H]2O[C@H]12. The zero-order valence-corrected chi connectivity index (χ0v) is 5.60. The lowest BCUT2D eigenvalue weighted by atomic mass is 10.2. The number of carbonyl (C=O) groups is 1. The summed E-state index contributed by atoms with van der Waals surface area (Å²) in [5.41, 5.74) is 0. The van der Waals surface area contributed by atoms with Crippen molar-refractivity contribution in [2.75, 3.05) is 0 Å². The Kier molecular flexibility index (Phi) is 0.600. The van der Waals surface area contributed by atoms with Gasteiger partial charge in [-0.25, -0.2) is 0 Å². The quantitative estimate of drug-likeness (QED) is 0.414. The van der Waals surface area contributed by atoms with E-state index in [9.17, 15) is 4.79 Å². The molecule has 6 atom stereocenters. The minimum absolute atomic E-state index is 0.0731. The Balaban J connectivity index is 1.77. The van der Waals surface area contributed by atoms with Crippen molar-refractivity contribution in [1.29, 1.82) is 0 Å². The smallest absolute Gasteiger partial charge is 0.195 e. The van der Waals surface area contributed by atoms with Crippen molar-refractivity contribution in [3.63, 3.8) is 0 Å². The molecule has 3 saturated heterocycles. The predicted molar refractivity (Wildman–Crippen MR) is 31.0 cm³/mol. The van der Waals surface area contributed by atoms with Gasteiger partial charge in [-0.15, -0.1) is 0 Å². The van der Waals surface area contributed by atoms with Crippen LogP contribution in [0.1, 0.15) is 0 Å². The van der Waals surface area contributed by atoms with E-state index in [0.717, 1.165) is 0 Å². The van der Waals surface area contributed by atoms with E-state index in [2.05, 4.69) is 0 Å². The van der Waals surface area contributed by atoms with Crippen LogP contribution in [0.2, 0.25) is 0 Å². The van der Waals surface area contributed by atoms with E-state index in [1.807, 2.05) is 0 Å². The third-order valence-electron chi connectivity index (χ3n) is 2.82. The zero-order valence-electron chi connectivity index (χ0n) is 5.60. The van der Waals surface area contributed by atoms with E-state index < -0.39 is 0 Å². The fraction of sp³-hybridized carbons (Fsp3) is 0.857. The number of fused-ring (bicyclic) bond motifs is 5. The molecule has 0 spiro atoms. The average molecular weight is 154 g/mol. The van der Waals surface area contributed by atoms with Gasteiger partial charge in [0.15, 0.2) is 5.78 Å². The van der Waals surface area contributed by atoms with E-state index in [1.165, 1.54) is 0 Å². The molecule has 0 bridgehead atoms. The maximum absolute atomic E-state index is 11.3. The predicted octanol–water partition coefficient (Wildman–Crippen LogP) is -1.13. The minimum atomic E-state index is -0.192. The summed E-state index contributed by atoms with van der Waals surface area (Å²) in [5, 5.41) is 0. The first-order valence-corrected chi connectivity index (χ1v) is 3.86. The molecule has 0 aromatic carbocycles. The van der Waals surface area contributed by atoms with Crippen LogP contribution < -0.4 is 0 Å². The van der Waals surface area contributed by atoms with E-state index in [1.54, 1.807) is 0 Å². The topological polar surface area (TPSA) is 54.7 Å². The molecular formula is C7H6O4. The van der Waals surface area contributed by atoms with Gasteiger partial charge in [-0.05, 0) is 0 Å². The molecule has 0 N–H and O–H groups in total.